The molecule has 0 bridgehead atoms. The summed E-state index contributed by atoms with van der Waals surface area (Å²) in [6.07, 6.45) is 6.40. The van der Waals surface area contributed by atoms with E-state index in [1.165, 1.54) is 18.3 Å². The van der Waals surface area contributed by atoms with Gasteiger partial charge in [-0.1, -0.05) is 13.8 Å². The number of aryl methyl sites for hydroxylation is 1. The average molecular weight is 447 g/mol. The Bertz CT molecular complexity index is 1290. The maximum atomic E-state index is 14.6. The van der Waals surface area contributed by atoms with E-state index in [1.54, 1.807) is 48.6 Å². The highest BCUT2D eigenvalue weighted by Crippen LogP contribution is 2.27. The van der Waals surface area contributed by atoms with Crippen LogP contribution < -0.4 is 15.4 Å². The summed E-state index contributed by atoms with van der Waals surface area (Å²) in [5.41, 5.74) is 2.05. The zero-order valence-electron chi connectivity index (χ0n) is 18.3. The van der Waals surface area contributed by atoms with E-state index in [4.69, 9.17) is 4.74 Å². The van der Waals surface area contributed by atoms with Crippen molar-refractivity contribution in [2.45, 2.75) is 19.8 Å². The van der Waals surface area contributed by atoms with E-state index in [9.17, 15) is 9.18 Å². The van der Waals surface area contributed by atoms with Gasteiger partial charge in [0.2, 0.25) is 0 Å². The maximum absolute atomic E-state index is 14.6. The topological polar surface area (TPSA) is 107 Å². The minimum absolute atomic E-state index is 0.0147. The van der Waals surface area contributed by atoms with Gasteiger partial charge in [-0.25, -0.2) is 14.2 Å². The maximum Gasteiger partial charge on any atom is 0.323 e. The third-order valence-corrected chi connectivity index (χ3v) is 4.67. The van der Waals surface area contributed by atoms with E-state index < -0.39 is 11.8 Å². The first kappa shape index (κ1) is 21.9. The predicted octanol–water partition coefficient (Wildman–Crippen LogP) is 4.97. The van der Waals surface area contributed by atoms with E-state index in [1.807, 2.05) is 19.9 Å². The third-order valence-electron chi connectivity index (χ3n) is 4.67. The van der Waals surface area contributed by atoms with Crippen LogP contribution in [0.1, 0.15) is 25.3 Å². The van der Waals surface area contributed by atoms with Crippen LogP contribution in [0.4, 0.5) is 20.6 Å². The number of aromatic nitrogens is 5. The number of rotatable bonds is 6. The molecule has 10 heteroatoms. The van der Waals surface area contributed by atoms with E-state index in [0.29, 0.717) is 23.0 Å². The first-order valence-electron chi connectivity index (χ1n) is 10.2. The molecule has 168 valence electrons. The fraction of sp³-hybridized carbons (Fsp3) is 0.174. The standard InChI is InChI=1S/C23H22FN7O2/c1-14(2)15-8-16(12-25-11-15)28-23(32)29-20-5-4-17(9-19(20)24)33-18-6-7-26-21(10-18)22-27-13-31(3)30-22/h4-14H,1-3H3,(H2,28,29,32). The summed E-state index contributed by atoms with van der Waals surface area (Å²) in [5, 5.41) is 9.36. The molecule has 3 heterocycles. The number of anilines is 2. The number of pyridine rings is 2. The van der Waals surface area contributed by atoms with Crippen LogP contribution in [-0.2, 0) is 7.05 Å². The van der Waals surface area contributed by atoms with Gasteiger partial charge in [-0.3, -0.25) is 14.6 Å². The average Bonchev–Trinajstić information content (AvgIpc) is 3.22. The number of nitrogens with zero attached hydrogens (tertiary/aromatic N) is 5. The van der Waals surface area contributed by atoms with E-state index >= 15 is 0 Å². The summed E-state index contributed by atoms with van der Waals surface area (Å²) >= 11 is 0. The molecule has 0 unspecified atom stereocenters. The normalized spacial score (nSPS) is 10.8. The molecule has 0 atom stereocenters. The lowest BCUT2D eigenvalue weighted by Gasteiger charge is -2.12. The molecule has 0 saturated carbocycles. The summed E-state index contributed by atoms with van der Waals surface area (Å²) in [5.74, 6) is 0.788. The van der Waals surface area contributed by atoms with Crippen molar-refractivity contribution in [2.75, 3.05) is 10.6 Å². The highest BCUT2D eigenvalue weighted by molar-refractivity contribution is 5.99. The van der Waals surface area contributed by atoms with Crippen LogP contribution in [0, 0.1) is 5.82 Å². The van der Waals surface area contributed by atoms with Crippen molar-refractivity contribution in [2.24, 2.45) is 7.05 Å². The lowest BCUT2D eigenvalue weighted by Crippen LogP contribution is -2.20. The summed E-state index contributed by atoms with van der Waals surface area (Å²) < 4.78 is 21.9. The Kier molecular flexibility index (Phi) is 6.25. The summed E-state index contributed by atoms with van der Waals surface area (Å²) in [6.45, 7) is 4.06. The monoisotopic (exact) mass is 447 g/mol. The largest absolute Gasteiger partial charge is 0.457 e. The van der Waals surface area contributed by atoms with E-state index in [0.717, 1.165) is 5.56 Å². The van der Waals surface area contributed by atoms with Gasteiger partial charge in [0.25, 0.3) is 0 Å². The summed E-state index contributed by atoms with van der Waals surface area (Å²) in [6, 6.07) is 8.72. The molecule has 0 fully saturated rings. The second-order valence-corrected chi connectivity index (χ2v) is 7.60. The minimum Gasteiger partial charge on any atom is -0.457 e. The lowest BCUT2D eigenvalue weighted by molar-refractivity contribution is 0.262. The van der Waals surface area contributed by atoms with Gasteiger partial charge in [-0.15, -0.1) is 5.10 Å². The first-order chi connectivity index (χ1) is 15.9. The molecular formula is C23H22FN7O2. The van der Waals surface area contributed by atoms with Gasteiger partial charge in [0.15, 0.2) is 5.82 Å². The number of carbonyl (C=O) groups excluding carboxylic acids is 1. The predicted molar refractivity (Wildman–Crippen MR) is 122 cm³/mol. The molecule has 0 aliphatic rings. The van der Waals surface area contributed by atoms with Crippen LogP contribution in [0.3, 0.4) is 0 Å². The smallest absolute Gasteiger partial charge is 0.323 e. The van der Waals surface area contributed by atoms with Gasteiger partial charge in [-0.2, -0.15) is 0 Å². The third kappa shape index (κ3) is 5.48. The SMILES string of the molecule is CC(C)c1cncc(NC(=O)Nc2ccc(Oc3ccnc(-c4ncn(C)n4)c3)cc2F)c1. The molecule has 3 aromatic heterocycles. The quantitative estimate of drug-likeness (QED) is 0.432. The second kappa shape index (κ2) is 9.43. The number of hydrogen-bond donors (Lipinski definition) is 2. The van der Waals surface area contributed by atoms with Crippen LogP contribution in [0.25, 0.3) is 11.5 Å². The van der Waals surface area contributed by atoms with Crippen LogP contribution in [0.2, 0.25) is 0 Å². The molecule has 0 radical (unpaired) electrons. The number of hydrogen-bond acceptors (Lipinski definition) is 6. The van der Waals surface area contributed by atoms with Crippen molar-refractivity contribution in [3.05, 3.63) is 72.7 Å². The van der Waals surface area contributed by atoms with Crippen LogP contribution in [0.5, 0.6) is 11.5 Å². The molecule has 33 heavy (non-hydrogen) atoms. The van der Waals surface area contributed by atoms with Crippen LogP contribution in [0.15, 0.2) is 61.3 Å². The van der Waals surface area contributed by atoms with Gasteiger partial charge in [0.1, 0.15) is 29.3 Å². The number of urea groups is 1. The molecule has 0 spiro atoms. The molecule has 9 nitrogen and oxygen atoms in total. The van der Waals surface area contributed by atoms with E-state index in [2.05, 4.69) is 30.7 Å². The number of ether oxygens (including phenoxy) is 1. The Labute approximate surface area is 189 Å². The highest BCUT2D eigenvalue weighted by atomic mass is 19.1. The summed E-state index contributed by atoms with van der Waals surface area (Å²) in [4.78, 5) is 24.8. The second-order valence-electron chi connectivity index (χ2n) is 7.60. The van der Waals surface area contributed by atoms with Crippen molar-refractivity contribution in [3.8, 4) is 23.0 Å². The van der Waals surface area contributed by atoms with Crippen molar-refractivity contribution < 1.29 is 13.9 Å². The van der Waals surface area contributed by atoms with Crippen molar-refractivity contribution in [1.82, 2.24) is 24.7 Å². The van der Waals surface area contributed by atoms with Gasteiger partial charge >= 0.3 is 6.03 Å². The highest BCUT2D eigenvalue weighted by Gasteiger charge is 2.11. The number of nitrogens with one attached hydrogen (secondary N) is 2. The zero-order chi connectivity index (χ0) is 23.4. The lowest BCUT2D eigenvalue weighted by atomic mass is 10.1. The fourth-order valence-corrected chi connectivity index (χ4v) is 2.98. The van der Waals surface area contributed by atoms with Crippen molar-refractivity contribution in [1.29, 1.82) is 0 Å². The van der Waals surface area contributed by atoms with Crippen LogP contribution >= 0.6 is 0 Å². The van der Waals surface area contributed by atoms with E-state index in [-0.39, 0.29) is 17.4 Å². The molecule has 4 aromatic rings. The number of halogens is 1. The molecule has 0 saturated heterocycles. The van der Waals surface area contributed by atoms with Gasteiger partial charge in [0, 0.05) is 31.6 Å². The Morgan fingerprint density at radius 3 is 2.61 bits per heavy atom. The molecule has 4 rings (SSSR count). The molecule has 0 aliphatic heterocycles. The molecule has 2 amide bonds. The van der Waals surface area contributed by atoms with Crippen molar-refractivity contribution in [3.63, 3.8) is 0 Å². The Morgan fingerprint density at radius 2 is 1.88 bits per heavy atom. The summed E-state index contributed by atoms with van der Waals surface area (Å²) in [7, 11) is 1.76. The Morgan fingerprint density at radius 1 is 1.06 bits per heavy atom. The van der Waals surface area contributed by atoms with Crippen molar-refractivity contribution >= 4 is 17.4 Å². The fourth-order valence-electron chi connectivity index (χ4n) is 2.98. The van der Waals surface area contributed by atoms with Gasteiger partial charge in [0.05, 0.1) is 17.6 Å². The number of amides is 2. The Hall–Kier alpha value is -4.34. The minimum atomic E-state index is -0.641. The van der Waals surface area contributed by atoms with Crippen LogP contribution in [-0.4, -0.2) is 30.8 Å². The number of benzene rings is 1. The molecule has 1 aromatic carbocycles. The van der Waals surface area contributed by atoms with Gasteiger partial charge < -0.3 is 15.4 Å². The molecule has 2 N–H and O–H groups in total. The molecular weight excluding hydrogens is 425 g/mol. The Balaban J connectivity index is 1.42. The zero-order valence-corrected chi connectivity index (χ0v) is 18.3. The molecule has 0 aliphatic carbocycles. The van der Waals surface area contributed by atoms with Gasteiger partial charge in [-0.05, 0) is 35.7 Å². The number of carbonyl (C=O) groups is 1. The first-order valence-corrected chi connectivity index (χ1v) is 10.2.